The fourth-order valence-electron chi connectivity index (χ4n) is 1.71. The van der Waals surface area contributed by atoms with E-state index in [1.54, 1.807) is 37.3 Å². The lowest BCUT2D eigenvalue weighted by Crippen LogP contribution is -2.00. The van der Waals surface area contributed by atoms with Gasteiger partial charge in [-0.25, -0.2) is 4.79 Å². The van der Waals surface area contributed by atoms with Gasteiger partial charge in [-0.05, 0) is 48.9 Å². The molecule has 0 radical (unpaired) electrons. The number of carboxylic acids is 1. The van der Waals surface area contributed by atoms with Gasteiger partial charge in [0.25, 0.3) is 0 Å². The van der Waals surface area contributed by atoms with Gasteiger partial charge in [0.2, 0.25) is 0 Å². The predicted octanol–water partition coefficient (Wildman–Crippen LogP) is 4.12. The second-order valence-electron chi connectivity index (χ2n) is 4.14. The molecule has 0 bridgehead atoms. The summed E-state index contributed by atoms with van der Waals surface area (Å²) < 4.78 is 6.34. The average Bonchev–Trinajstić information content (AvgIpc) is 2.38. The van der Waals surface area contributed by atoms with Crippen LogP contribution in [-0.2, 0) is 0 Å². The zero-order valence-corrected chi connectivity index (χ0v) is 12.1. The lowest BCUT2D eigenvalue weighted by molar-refractivity contribution is 0.0694. The molecule has 0 unspecified atom stereocenters. The van der Waals surface area contributed by atoms with E-state index in [1.807, 2.05) is 0 Å². The molecular formula is C15H10BrNO3. The zero-order chi connectivity index (χ0) is 14.7. The SMILES string of the molecule is Cc1cc(Oc2cc(Br)ccc2C(=O)O)ccc1C#N. The van der Waals surface area contributed by atoms with Gasteiger partial charge >= 0.3 is 5.97 Å². The van der Waals surface area contributed by atoms with E-state index in [0.29, 0.717) is 11.3 Å². The topological polar surface area (TPSA) is 70.3 Å². The van der Waals surface area contributed by atoms with E-state index >= 15 is 0 Å². The molecule has 4 nitrogen and oxygen atoms in total. The van der Waals surface area contributed by atoms with Crippen LogP contribution in [0.2, 0.25) is 0 Å². The molecule has 0 saturated heterocycles. The monoisotopic (exact) mass is 331 g/mol. The molecule has 0 spiro atoms. The smallest absolute Gasteiger partial charge is 0.339 e. The highest BCUT2D eigenvalue weighted by molar-refractivity contribution is 9.10. The number of nitrogens with zero attached hydrogens (tertiary/aromatic N) is 1. The van der Waals surface area contributed by atoms with Gasteiger partial charge in [-0.15, -0.1) is 0 Å². The fraction of sp³-hybridized carbons (Fsp3) is 0.0667. The summed E-state index contributed by atoms with van der Waals surface area (Å²) >= 11 is 3.28. The highest BCUT2D eigenvalue weighted by atomic mass is 79.9. The largest absolute Gasteiger partial charge is 0.478 e. The van der Waals surface area contributed by atoms with Crippen molar-refractivity contribution < 1.29 is 14.6 Å². The van der Waals surface area contributed by atoms with Crippen LogP contribution in [0.1, 0.15) is 21.5 Å². The third kappa shape index (κ3) is 2.98. The lowest BCUT2D eigenvalue weighted by atomic mass is 10.1. The van der Waals surface area contributed by atoms with Crippen molar-refractivity contribution in [2.24, 2.45) is 0 Å². The number of aromatic carboxylic acids is 1. The van der Waals surface area contributed by atoms with Crippen molar-refractivity contribution in [3.05, 3.63) is 57.6 Å². The van der Waals surface area contributed by atoms with Gasteiger partial charge in [0.1, 0.15) is 17.1 Å². The molecule has 0 amide bonds. The minimum atomic E-state index is -1.06. The number of rotatable bonds is 3. The van der Waals surface area contributed by atoms with Crippen LogP contribution in [0.15, 0.2) is 40.9 Å². The highest BCUT2D eigenvalue weighted by Gasteiger charge is 2.13. The van der Waals surface area contributed by atoms with E-state index in [2.05, 4.69) is 22.0 Å². The quantitative estimate of drug-likeness (QED) is 0.918. The molecular weight excluding hydrogens is 322 g/mol. The Balaban J connectivity index is 2.39. The van der Waals surface area contributed by atoms with Gasteiger partial charge in [0.05, 0.1) is 11.6 Å². The summed E-state index contributed by atoms with van der Waals surface area (Å²) in [6.07, 6.45) is 0. The number of ether oxygens (including phenoxy) is 1. The summed E-state index contributed by atoms with van der Waals surface area (Å²) in [5, 5.41) is 18.0. The van der Waals surface area contributed by atoms with Crippen LogP contribution in [0, 0.1) is 18.3 Å². The first-order valence-corrected chi connectivity index (χ1v) is 6.52. The maximum atomic E-state index is 11.2. The second-order valence-corrected chi connectivity index (χ2v) is 5.05. The Hall–Kier alpha value is -2.32. The highest BCUT2D eigenvalue weighted by Crippen LogP contribution is 2.29. The van der Waals surface area contributed by atoms with E-state index in [0.717, 1.165) is 10.0 Å². The van der Waals surface area contributed by atoms with Crippen LogP contribution >= 0.6 is 15.9 Å². The third-order valence-electron chi connectivity index (χ3n) is 2.72. The molecule has 2 rings (SSSR count). The van der Waals surface area contributed by atoms with Gasteiger partial charge in [0.15, 0.2) is 0 Å². The molecule has 2 aromatic rings. The van der Waals surface area contributed by atoms with Crippen LogP contribution < -0.4 is 4.74 Å². The van der Waals surface area contributed by atoms with Gasteiger partial charge < -0.3 is 9.84 Å². The van der Waals surface area contributed by atoms with Crippen molar-refractivity contribution >= 4 is 21.9 Å². The molecule has 5 heteroatoms. The number of hydrogen-bond acceptors (Lipinski definition) is 3. The van der Waals surface area contributed by atoms with E-state index in [1.165, 1.54) is 6.07 Å². The molecule has 0 aromatic heterocycles. The predicted molar refractivity (Wildman–Crippen MR) is 77.1 cm³/mol. The van der Waals surface area contributed by atoms with E-state index in [4.69, 9.17) is 15.1 Å². The number of carbonyl (C=O) groups is 1. The molecule has 0 aliphatic rings. The molecule has 20 heavy (non-hydrogen) atoms. The summed E-state index contributed by atoms with van der Waals surface area (Å²) in [6.45, 7) is 1.80. The fourth-order valence-corrected chi connectivity index (χ4v) is 2.05. The van der Waals surface area contributed by atoms with Crippen LogP contribution in [0.3, 0.4) is 0 Å². The lowest BCUT2D eigenvalue weighted by Gasteiger charge is -2.10. The molecule has 0 heterocycles. The van der Waals surface area contributed by atoms with Crippen molar-refractivity contribution in [2.75, 3.05) is 0 Å². The standard InChI is InChI=1S/C15H10BrNO3/c1-9-6-12(4-2-10(9)8-17)20-14-7-11(16)3-5-13(14)15(18)19/h2-7H,1H3,(H,18,19). The Morgan fingerprint density at radius 1 is 1.30 bits per heavy atom. The van der Waals surface area contributed by atoms with Gasteiger partial charge in [-0.1, -0.05) is 15.9 Å². The first-order chi connectivity index (χ1) is 9.51. The van der Waals surface area contributed by atoms with E-state index < -0.39 is 5.97 Å². The Morgan fingerprint density at radius 3 is 2.65 bits per heavy atom. The van der Waals surface area contributed by atoms with Crippen LogP contribution in [0.4, 0.5) is 0 Å². The van der Waals surface area contributed by atoms with E-state index in [-0.39, 0.29) is 11.3 Å². The van der Waals surface area contributed by atoms with Crippen molar-refractivity contribution in [1.82, 2.24) is 0 Å². The molecule has 100 valence electrons. The number of halogens is 1. The molecule has 0 aliphatic carbocycles. The molecule has 0 aliphatic heterocycles. The Labute approximate surface area is 124 Å². The van der Waals surface area contributed by atoms with Gasteiger partial charge in [-0.2, -0.15) is 5.26 Å². The Bertz CT molecular complexity index is 720. The van der Waals surface area contributed by atoms with Crippen LogP contribution in [0.25, 0.3) is 0 Å². The summed E-state index contributed by atoms with van der Waals surface area (Å²) in [6, 6.07) is 11.8. The average molecular weight is 332 g/mol. The van der Waals surface area contributed by atoms with Crippen molar-refractivity contribution in [3.8, 4) is 17.6 Å². The first-order valence-electron chi connectivity index (χ1n) is 5.72. The Morgan fingerprint density at radius 2 is 2.05 bits per heavy atom. The minimum absolute atomic E-state index is 0.0789. The second kappa shape index (κ2) is 5.76. The van der Waals surface area contributed by atoms with Gasteiger partial charge in [-0.3, -0.25) is 0 Å². The number of aryl methyl sites for hydroxylation is 1. The van der Waals surface area contributed by atoms with Crippen LogP contribution in [-0.4, -0.2) is 11.1 Å². The summed E-state index contributed by atoms with van der Waals surface area (Å²) in [5.74, 6) is -0.323. The molecule has 0 atom stereocenters. The maximum Gasteiger partial charge on any atom is 0.339 e. The molecule has 1 N–H and O–H groups in total. The normalized spacial score (nSPS) is 9.85. The summed E-state index contributed by atoms with van der Waals surface area (Å²) in [4.78, 5) is 11.2. The number of benzene rings is 2. The maximum absolute atomic E-state index is 11.2. The summed E-state index contributed by atoms with van der Waals surface area (Å²) in [5.41, 5.74) is 1.41. The Kier molecular flexibility index (Phi) is 4.06. The van der Waals surface area contributed by atoms with E-state index in [9.17, 15) is 4.79 Å². The number of nitriles is 1. The number of carboxylic acid groups (broad SMARTS) is 1. The first kappa shape index (κ1) is 14.1. The molecule has 0 saturated carbocycles. The van der Waals surface area contributed by atoms with Crippen molar-refractivity contribution in [3.63, 3.8) is 0 Å². The zero-order valence-electron chi connectivity index (χ0n) is 10.6. The van der Waals surface area contributed by atoms with Crippen LogP contribution in [0.5, 0.6) is 11.5 Å². The van der Waals surface area contributed by atoms with Crippen molar-refractivity contribution in [2.45, 2.75) is 6.92 Å². The third-order valence-corrected chi connectivity index (χ3v) is 3.21. The molecule has 0 fully saturated rings. The number of hydrogen-bond donors (Lipinski definition) is 1. The van der Waals surface area contributed by atoms with Gasteiger partial charge in [0, 0.05) is 4.47 Å². The minimum Gasteiger partial charge on any atom is -0.478 e. The molecule has 2 aromatic carbocycles. The van der Waals surface area contributed by atoms with Crippen molar-refractivity contribution in [1.29, 1.82) is 5.26 Å². The summed E-state index contributed by atoms with van der Waals surface area (Å²) in [7, 11) is 0.